The number of aromatic nitrogens is 1. The zero-order chi connectivity index (χ0) is 22.0. The van der Waals surface area contributed by atoms with E-state index in [9.17, 15) is 13.2 Å². The number of benzene rings is 2. The number of nitrogens with one attached hydrogen (secondary N) is 1. The molecule has 0 aliphatic heterocycles. The standard InChI is InChI=1S/C24H25N3O3S/c1-17-5-12-23(14-18(17)2)31(29,30)26-21-8-6-20(7-9-21)24(28)27(22-10-11-22)16-19-4-3-13-25-15-19/h3-9,12-15,22,26H,10-11,16H2,1-2H3. The van der Waals surface area contributed by atoms with E-state index in [0.29, 0.717) is 17.8 Å². The quantitative estimate of drug-likeness (QED) is 0.600. The summed E-state index contributed by atoms with van der Waals surface area (Å²) in [6, 6.07) is 15.7. The van der Waals surface area contributed by atoms with Crippen LogP contribution in [0.2, 0.25) is 0 Å². The maximum atomic E-state index is 13.1. The van der Waals surface area contributed by atoms with E-state index in [2.05, 4.69) is 9.71 Å². The second-order valence-corrected chi connectivity index (χ2v) is 9.64. The second kappa shape index (κ2) is 8.51. The molecule has 3 aromatic rings. The molecule has 2 aromatic carbocycles. The number of rotatable bonds is 7. The largest absolute Gasteiger partial charge is 0.331 e. The van der Waals surface area contributed by atoms with Gasteiger partial charge in [0.05, 0.1) is 4.90 Å². The van der Waals surface area contributed by atoms with Gasteiger partial charge in [-0.1, -0.05) is 12.1 Å². The highest BCUT2D eigenvalue weighted by Gasteiger charge is 2.33. The SMILES string of the molecule is Cc1ccc(S(=O)(=O)Nc2ccc(C(=O)N(Cc3cccnc3)C3CC3)cc2)cc1C. The average molecular weight is 436 g/mol. The molecule has 0 radical (unpaired) electrons. The fraction of sp³-hybridized carbons (Fsp3) is 0.250. The van der Waals surface area contributed by atoms with Gasteiger partial charge in [-0.2, -0.15) is 0 Å². The fourth-order valence-corrected chi connectivity index (χ4v) is 4.53. The molecule has 1 amide bonds. The lowest BCUT2D eigenvalue weighted by Gasteiger charge is -2.22. The average Bonchev–Trinajstić information content (AvgIpc) is 3.60. The van der Waals surface area contributed by atoms with Crippen molar-refractivity contribution in [2.24, 2.45) is 0 Å². The molecule has 1 aromatic heterocycles. The van der Waals surface area contributed by atoms with Gasteiger partial charge in [-0.05, 0) is 85.8 Å². The van der Waals surface area contributed by atoms with Gasteiger partial charge in [0.25, 0.3) is 15.9 Å². The van der Waals surface area contributed by atoms with Crippen LogP contribution in [0, 0.1) is 13.8 Å². The number of carbonyl (C=O) groups excluding carboxylic acids is 1. The number of hydrogen-bond acceptors (Lipinski definition) is 4. The summed E-state index contributed by atoms with van der Waals surface area (Å²) in [6.07, 6.45) is 5.48. The zero-order valence-electron chi connectivity index (χ0n) is 17.6. The number of pyridine rings is 1. The van der Waals surface area contributed by atoms with Gasteiger partial charge in [0.2, 0.25) is 0 Å². The highest BCUT2D eigenvalue weighted by atomic mass is 32.2. The van der Waals surface area contributed by atoms with Gasteiger partial charge < -0.3 is 4.90 Å². The Morgan fingerprint density at radius 2 is 1.81 bits per heavy atom. The fourth-order valence-electron chi connectivity index (χ4n) is 3.38. The van der Waals surface area contributed by atoms with Gasteiger partial charge in [0.1, 0.15) is 0 Å². The highest BCUT2D eigenvalue weighted by molar-refractivity contribution is 7.92. The molecule has 0 bridgehead atoms. The van der Waals surface area contributed by atoms with Crippen molar-refractivity contribution < 1.29 is 13.2 Å². The van der Waals surface area contributed by atoms with E-state index in [1.54, 1.807) is 54.9 Å². The zero-order valence-corrected chi connectivity index (χ0v) is 18.4. The van der Waals surface area contributed by atoms with Crippen LogP contribution in [0.25, 0.3) is 0 Å². The topological polar surface area (TPSA) is 79.4 Å². The smallest absolute Gasteiger partial charge is 0.261 e. The first-order chi connectivity index (χ1) is 14.8. The minimum Gasteiger partial charge on any atom is -0.331 e. The molecule has 1 aliphatic rings. The van der Waals surface area contributed by atoms with Crippen molar-refractivity contribution >= 4 is 21.6 Å². The molecule has 1 saturated carbocycles. The summed E-state index contributed by atoms with van der Waals surface area (Å²) in [5.41, 5.74) is 3.89. The van der Waals surface area contributed by atoms with Gasteiger partial charge >= 0.3 is 0 Å². The van der Waals surface area contributed by atoms with Crippen LogP contribution in [-0.4, -0.2) is 30.3 Å². The molecule has 1 aliphatic carbocycles. The molecule has 31 heavy (non-hydrogen) atoms. The summed E-state index contributed by atoms with van der Waals surface area (Å²) in [4.78, 5) is 19.3. The van der Waals surface area contributed by atoms with Crippen LogP contribution in [0.4, 0.5) is 5.69 Å². The molecule has 160 valence electrons. The third-order valence-electron chi connectivity index (χ3n) is 5.50. The van der Waals surface area contributed by atoms with Gasteiger partial charge in [0, 0.05) is 36.2 Å². The number of nitrogens with zero attached hydrogens (tertiary/aromatic N) is 2. The molecule has 0 unspecified atom stereocenters. The van der Waals surface area contributed by atoms with Gasteiger partial charge in [0.15, 0.2) is 0 Å². The van der Waals surface area contributed by atoms with Crippen LogP contribution in [0.1, 0.15) is 39.9 Å². The molecular weight excluding hydrogens is 410 g/mol. The van der Waals surface area contributed by atoms with Crippen molar-refractivity contribution in [3.05, 3.63) is 89.2 Å². The van der Waals surface area contributed by atoms with Crippen LogP contribution in [0.5, 0.6) is 0 Å². The van der Waals surface area contributed by atoms with Crippen molar-refractivity contribution in [3.8, 4) is 0 Å². The third kappa shape index (κ3) is 4.94. The van der Waals surface area contributed by atoms with E-state index in [1.165, 1.54) is 0 Å². The molecule has 4 rings (SSSR count). The first kappa shape index (κ1) is 21.1. The van der Waals surface area contributed by atoms with Gasteiger partial charge in [-0.15, -0.1) is 0 Å². The number of sulfonamides is 1. The summed E-state index contributed by atoms with van der Waals surface area (Å²) in [5.74, 6) is -0.0603. The number of aryl methyl sites for hydroxylation is 2. The Balaban J connectivity index is 1.49. The lowest BCUT2D eigenvalue weighted by Crippen LogP contribution is -2.32. The van der Waals surface area contributed by atoms with E-state index in [-0.39, 0.29) is 16.8 Å². The van der Waals surface area contributed by atoms with Crippen molar-refractivity contribution in [1.82, 2.24) is 9.88 Å². The van der Waals surface area contributed by atoms with Crippen LogP contribution in [0.3, 0.4) is 0 Å². The predicted octanol–water partition coefficient (Wildman–Crippen LogP) is 4.30. The Morgan fingerprint density at radius 1 is 1.06 bits per heavy atom. The first-order valence-electron chi connectivity index (χ1n) is 10.2. The molecule has 0 saturated heterocycles. The van der Waals surface area contributed by atoms with Crippen LogP contribution in [-0.2, 0) is 16.6 Å². The normalized spacial score (nSPS) is 13.6. The molecule has 7 heteroatoms. The highest BCUT2D eigenvalue weighted by Crippen LogP contribution is 2.30. The monoisotopic (exact) mass is 435 g/mol. The summed E-state index contributed by atoms with van der Waals surface area (Å²) in [6.45, 7) is 4.33. The van der Waals surface area contributed by atoms with Crippen LogP contribution >= 0.6 is 0 Å². The molecule has 1 N–H and O–H groups in total. The lowest BCUT2D eigenvalue weighted by molar-refractivity contribution is 0.0730. The van der Waals surface area contributed by atoms with Gasteiger partial charge in [-0.25, -0.2) is 8.42 Å². The van der Waals surface area contributed by atoms with Crippen molar-refractivity contribution in [1.29, 1.82) is 0 Å². The van der Waals surface area contributed by atoms with Crippen molar-refractivity contribution in [2.75, 3.05) is 4.72 Å². The Morgan fingerprint density at radius 3 is 2.42 bits per heavy atom. The number of anilines is 1. The van der Waals surface area contributed by atoms with Crippen molar-refractivity contribution in [3.63, 3.8) is 0 Å². The minimum atomic E-state index is -3.70. The maximum absolute atomic E-state index is 13.1. The molecule has 6 nitrogen and oxygen atoms in total. The minimum absolute atomic E-state index is 0.0603. The van der Waals surface area contributed by atoms with Crippen molar-refractivity contribution in [2.45, 2.75) is 44.2 Å². The van der Waals surface area contributed by atoms with Gasteiger partial charge in [-0.3, -0.25) is 14.5 Å². The van der Waals surface area contributed by atoms with E-state index in [1.807, 2.05) is 30.9 Å². The van der Waals surface area contributed by atoms with E-state index < -0.39 is 10.0 Å². The summed E-state index contributed by atoms with van der Waals surface area (Å²) in [7, 11) is -3.70. The molecule has 0 spiro atoms. The molecule has 1 fully saturated rings. The van der Waals surface area contributed by atoms with E-state index in [4.69, 9.17) is 0 Å². The van der Waals surface area contributed by atoms with Crippen LogP contribution in [0.15, 0.2) is 71.9 Å². The van der Waals surface area contributed by atoms with Crippen LogP contribution < -0.4 is 4.72 Å². The number of carbonyl (C=O) groups is 1. The molecule has 1 heterocycles. The van der Waals surface area contributed by atoms with E-state index >= 15 is 0 Å². The van der Waals surface area contributed by atoms with E-state index in [0.717, 1.165) is 29.5 Å². The summed E-state index contributed by atoms with van der Waals surface area (Å²) < 4.78 is 28.0. The Labute approximate surface area is 183 Å². The summed E-state index contributed by atoms with van der Waals surface area (Å²) >= 11 is 0. The molecule has 0 atom stereocenters. The molecular formula is C24H25N3O3S. The Bertz CT molecular complexity index is 1190. The number of hydrogen-bond donors (Lipinski definition) is 1. The lowest BCUT2D eigenvalue weighted by atomic mass is 10.1. The second-order valence-electron chi connectivity index (χ2n) is 7.95. The Hall–Kier alpha value is -3.19. The maximum Gasteiger partial charge on any atom is 0.261 e. The first-order valence-corrected chi connectivity index (χ1v) is 11.7. The Kier molecular flexibility index (Phi) is 5.78. The number of amides is 1. The third-order valence-corrected chi connectivity index (χ3v) is 6.88. The predicted molar refractivity (Wildman–Crippen MR) is 120 cm³/mol. The summed E-state index contributed by atoms with van der Waals surface area (Å²) in [5, 5.41) is 0.